The second-order valence-electron chi connectivity index (χ2n) is 4.72. The molecule has 114 valence electrons. The molecule has 3 rings (SSSR count). The van der Waals surface area contributed by atoms with Crippen LogP contribution in [0.4, 0.5) is 10.3 Å². The molecule has 8 heteroatoms. The van der Waals surface area contributed by atoms with E-state index in [1.165, 1.54) is 30.3 Å². The molecule has 0 unspecified atom stereocenters. The molecular weight excluding hydrogens is 311 g/mol. The van der Waals surface area contributed by atoms with Gasteiger partial charge in [0.2, 0.25) is 5.95 Å². The van der Waals surface area contributed by atoms with Gasteiger partial charge in [0.15, 0.2) is 0 Å². The molecule has 0 saturated carbocycles. The molecule has 0 radical (unpaired) electrons. The Morgan fingerprint density at radius 2 is 2.27 bits per heavy atom. The second-order valence-corrected chi connectivity index (χ2v) is 5.13. The summed E-state index contributed by atoms with van der Waals surface area (Å²) < 4.78 is 20.6. The number of nitrogens with zero attached hydrogens (tertiary/aromatic N) is 3. The molecule has 0 spiro atoms. The van der Waals surface area contributed by atoms with Gasteiger partial charge in [-0.25, -0.2) is 13.9 Å². The number of carbonyl (C=O) groups excluding carboxylic acids is 1. The summed E-state index contributed by atoms with van der Waals surface area (Å²) in [6, 6.07) is 3.49. The Morgan fingerprint density at radius 3 is 2.95 bits per heavy atom. The molecule has 2 aromatic rings. The summed E-state index contributed by atoms with van der Waals surface area (Å²) in [7, 11) is 1.26. The minimum Gasteiger partial charge on any atom is -0.466 e. The number of rotatable bonds is 2. The van der Waals surface area contributed by atoms with Crippen LogP contribution in [0.1, 0.15) is 18.5 Å². The van der Waals surface area contributed by atoms with Crippen molar-refractivity contribution >= 4 is 23.5 Å². The molecule has 2 heterocycles. The highest BCUT2D eigenvalue weighted by Gasteiger charge is 2.36. The molecule has 6 nitrogen and oxygen atoms in total. The first-order valence-corrected chi connectivity index (χ1v) is 6.82. The molecule has 1 aromatic carbocycles. The molecule has 0 saturated heterocycles. The number of hydrogen-bond donors (Lipinski definition) is 1. The number of benzene rings is 1. The van der Waals surface area contributed by atoms with Crippen molar-refractivity contribution in [2.24, 2.45) is 0 Å². The minimum atomic E-state index is -0.847. The number of esters is 1. The SMILES string of the molecule is COC(=O)C1=C(C)Nc2ncnn2[C@H]1c1c(F)cccc1Cl. The number of methoxy groups -OCH3 is 1. The summed E-state index contributed by atoms with van der Waals surface area (Å²) in [6.07, 6.45) is 1.32. The molecular formula is C14H12ClFN4O2. The van der Waals surface area contributed by atoms with Crippen molar-refractivity contribution in [1.29, 1.82) is 0 Å². The number of allylic oxidation sites excluding steroid dienone is 1. The fraction of sp³-hybridized carbons (Fsp3) is 0.214. The largest absolute Gasteiger partial charge is 0.466 e. The number of halogens is 2. The summed E-state index contributed by atoms with van der Waals surface area (Å²) in [5.41, 5.74) is 0.890. The summed E-state index contributed by atoms with van der Waals surface area (Å²) in [4.78, 5) is 16.2. The van der Waals surface area contributed by atoms with E-state index < -0.39 is 17.8 Å². The number of carbonyl (C=O) groups is 1. The average Bonchev–Trinajstić information content (AvgIpc) is 2.94. The molecule has 1 aliphatic rings. The van der Waals surface area contributed by atoms with Gasteiger partial charge in [-0.3, -0.25) is 0 Å². The van der Waals surface area contributed by atoms with Gasteiger partial charge in [0.1, 0.15) is 18.2 Å². The molecule has 0 bridgehead atoms. The Balaban J connectivity index is 2.28. The Kier molecular flexibility index (Phi) is 3.58. The lowest BCUT2D eigenvalue weighted by Crippen LogP contribution is -2.30. The molecule has 0 amide bonds. The molecule has 1 N–H and O–H groups in total. The van der Waals surface area contributed by atoms with E-state index in [2.05, 4.69) is 15.4 Å². The molecule has 1 aliphatic heterocycles. The third kappa shape index (κ3) is 2.14. The van der Waals surface area contributed by atoms with E-state index >= 15 is 0 Å². The van der Waals surface area contributed by atoms with Crippen molar-refractivity contribution in [3.8, 4) is 0 Å². The zero-order valence-electron chi connectivity index (χ0n) is 11.8. The average molecular weight is 323 g/mol. The minimum absolute atomic E-state index is 0.150. The quantitative estimate of drug-likeness (QED) is 0.860. The van der Waals surface area contributed by atoms with Crippen LogP contribution in [-0.2, 0) is 9.53 Å². The predicted octanol–water partition coefficient (Wildman–Crippen LogP) is 2.53. The third-order valence-corrected chi connectivity index (χ3v) is 3.80. The van der Waals surface area contributed by atoms with Gasteiger partial charge in [-0.1, -0.05) is 17.7 Å². The van der Waals surface area contributed by atoms with Crippen LogP contribution in [0, 0.1) is 5.82 Å². The second kappa shape index (κ2) is 5.42. The smallest absolute Gasteiger partial charge is 0.338 e. The number of nitrogens with one attached hydrogen (secondary N) is 1. The predicted molar refractivity (Wildman–Crippen MR) is 77.9 cm³/mol. The van der Waals surface area contributed by atoms with E-state index in [0.29, 0.717) is 11.6 Å². The van der Waals surface area contributed by atoms with Gasteiger partial charge in [-0.05, 0) is 19.1 Å². The van der Waals surface area contributed by atoms with E-state index in [0.717, 1.165) is 0 Å². The van der Waals surface area contributed by atoms with Crippen molar-refractivity contribution in [3.05, 3.63) is 52.2 Å². The monoisotopic (exact) mass is 322 g/mol. The highest BCUT2D eigenvalue weighted by molar-refractivity contribution is 6.31. The van der Waals surface area contributed by atoms with Gasteiger partial charge in [-0.2, -0.15) is 10.1 Å². The van der Waals surface area contributed by atoms with E-state index in [1.807, 2.05) is 0 Å². The van der Waals surface area contributed by atoms with Gasteiger partial charge >= 0.3 is 5.97 Å². The van der Waals surface area contributed by atoms with Crippen LogP contribution in [0.15, 0.2) is 35.8 Å². The van der Waals surface area contributed by atoms with Crippen LogP contribution >= 0.6 is 11.6 Å². The topological polar surface area (TPSA) is 69.0 Å². The number of anilines is 1. The number of aromatic nitrogens is 3. The number of fused-ring (bicyclic) bond motifs is 1. The number of hydrogen-bond acceptors (Lipinski definition) is 5. The van der Waals surface area contributed by atoms with Crippen molar-refractivity contribution < 1.29 is 13.9 Å². The van der Waals surface area contributed by atoms with Crippen LogP contribution in [0.2, 0.25) is 5.02 Å². The Bertz CT molecular complexity index is 767. The number of ether oxygens (including phenoxy) is 1. The first-order valence-electron chi connectivity index (χ1n) is 6.44. The van der Waals surface area contributed by atoms with Crippen LogP contribution < -0.4 is 5.32 Å². The van der Waals surface area contributed by atoms with E-state index in [9.17, 15) is 9.18 Å². The fourth-order valence-corrected chi connectivity index (χ4v) is 2.77. The van der Waals surface area contributed by atoms with Crippen molar-refractivity contribution in [2.75, 3.05) is 12.4 Å². The summed E-state index contributed by atoms with van der Waals surface area (Å²) in [5.74, 6) is -0.722. The van der Waals surface area contributed by atoms with Crippen LogP contribution in [0.25, 0.3) is 0 Å². The first kappa shape index (κ1) is 14.5. The normalized spacial score (nSPS) is 17.0. The van der Waals surface area contributed by atoms with Crippen LogP contribution in [-0.4, -0.2) is 27.8 Å². The van der Waals surface area contributed by atoms with Crippen molar-refractivity contribution in [3.63, 3.8) is 0 Å². The molecule has 0 aliphatic carbocycles. The highest BCUT2D eigenvalue weighted by Crippen LogP contribution is 2.39. The Labute approximate surface area is 130 Å². The van der Waals surface area contributed by atoms with E-state index in [4.69, 9.17) is 16.3 Å². The fourth-order valence-electron chi connectivity index (χ4n) is 2.50. The Morgan fingerprint density at radius 1 is 1.50 bits per heavy atom. The van der Waals surface area contributed by atoms with Crippen LogP contribution in [0.5, 0.6) is 0 Å². The summed E-state index contributed by atoms with van der Waals surface area (Å²) in [6.45, 7) is 1.69. The standard InChI is InChI=1S/C14H12ClFN4O2/c1-7-10(13(21)22-2)12(20-14(19-7)17-6-18-20)11-8(15)4-3-5-9(11)16/h3-6,12H,1-2H3,(H,17,18,19)/t12-/m1/s1. The Hall–Kier alpha value is -2.41. The van der Waals surface area contributed by atoms with Gasteiger partial charge in [0.05, 0.1) is 12.7 Å². The first-order chi connectivity index (χ1) is 10.5. The lowest BCUT2D eigenvalue weighted by Gasteiger charge is -2.28. The van der Waals surface area contributed by atoms with E-state index in [-0.39, 0.29) is 16.2 Å². The third-order valence-electron chi connectivity index (χ3n) is 3.47. The van der Waals surface area contributed by atoms with Crippen LogP contribution in [0.3, 0.4) is 0 Å². The van der Waals surface area contributed by atoms with Gasteiger partial charge < -0.3 is 10.1 Å². The van der Waals surface area contributed by atoms with Crippen molar-refractivity contribution in [1.82, 2.24) is 14.8 Å². The van der Waals surface area contributed by atoms with E-state index in [1.54, 1.807) is 13.0 Å². The highest BCUT2D eigenvalue weighted by atomic mass is 35.5. The maximum Gasteiger partial charge on any atom is 0.338 e. The summed E-state index contributed by atoms with van der Waals surface area (Å²) >= 11 is 6.16. The molecule has 1 atom stereocenters. The lowest BCUT2D eigenvalue weighted by molar-refractivity contribution is -0.136. The molecule has 22 heavy (non-hydrogen) atoms. The van der Waals surface area contributed by atoms with Gasteiger partial charge in [-0.15, -0.1) is 0 Å². The zero-order chi connectivity index (χ0) is 15.9. The van der Waals surface area contributed by atoms with Crippen molar-refractivity contribution in [2.45, 2.75) is 13.0 Å². The molecule has 1 aromatic heterocycles. The zero-order valence-corrected chi connectivity index (χ0v) is 12.6. The maximum absolute atomic E-state index is 14.4. The molecule has 0 fully saturated rings. The lowest BCUT2D eigenvalue weighted by atomic mass is 9.95. The van der Waals surface area contributed by atoms with Gasteiger partial charge in [0, 0.05) is 16.3 Å². The summed E-state index contributed by atoms with van der Waals surface area (Å²) in [5, 5.41) is 7.22. The van der Waals surface area contributed by atoms with Gasteiger partial charge in [0.25, 0.3) is 0 Å². The maximum atomic E-state index is 14.4.